The van der Waals surface area contributed by atoms with E-state index in [2.05, 4.69) is 10.1 Å². The highest BCUT2D eigenvalue weighted by Gasteiger charge is 2.08. The molecular formula is C10H9N5S2. The summed E-state index contributed by atoms with van der Waals surface area (Å²) in [6, 6.07) is 7.61. The van der Waals surface area contributed by atoms with Crippen molar-refractivity contribution in [3.63, 3.8) is 0 Å². The summed E-state index contributed by atoms with van der Waals surface area (Å²) in [4.78, 5) is 5.33. The SMILES string of the molecule is NSc1nn2cc(-c3ccc(N)cc3)nc2s1. The number of nitrogens with zero attached hydrogens (tertiary/aromatic N) is 3. The first-order valence-corrected chi connectivity index (χ1v) is 6.55. The lowest BCUT2D eigenvalue weighted by atomic mass is 10.1. The van der Waals surface area contributed by atoms with Crippen LogP contribution in [0.15, 0.2) is 34.8 Å². The Morgan fingerprint density at radius 1 is 1.24 bits per heavy atom. The summed E-state index contributed by atoms with van der Waals surface area (Å²) in [7, 11) is 0. The van der Waals surface area contributed by atoms with E-state index >= 15 is 0 Å². The summed E-state index contributed by atoms with van der Waals surface area (Å²) in [5.74, 6) is 0. The molecule has 3 aromatic rings. The van der Waals surface area contributed by atoms with Crippen molar-refractivity contribution in [3.8, 4) is 11.3 Å². The quantitative estimate of drug-likeness (QED) is 0.546. The van der Waals surface area contributed by atoms with Crippen molar-refractivity contribution in [3.05, 3.63) is 30.5 Å². The molecule has 17 heavy (non-hydrogen) atoms. The Kier molecular flexibility index (Phi) is 2.50. The molecule has 7 heteroatoms. The van der Waals surface area contributed by atoms with Gasteiger partial charge in [-0.25, -0.2) is 9.50 Å². The molecule has 2 aromatic heterocycles. The van der Waals surface area contributed by atoms with Gasteiger partial charge in [0.1, 0.15) is 0 Å². The first-order valence-electron chi connectivity index (χ1n) is 4.85. The van der Waals surface area contributed by atoms with Gasteiger partial charge in [-0.2, -0.15) is 0 Å². The maximum Gasteiger partial charge on any atom is 0.213 e. The zero-order valence-electron chi connectivity index (χ0n) is 8.70. The fourth-order valence-corrected chi connectivity index (χ4v) is 2.69. The van der Waals surface area contributed by atoms with Crippen LogP contribution in [-0.4, -0.2) is 14.6 Å². The Bertz CT molecular complexity index is 623. The van der Waals surface area contributed by atoms with E-state index in [9.17, 15) is 0 Å². The molecule has 0 aliphatic rings. The van der Waals surface area contributed by atoms with Crippen LogP contribution < -0.4 is 10.9 Å². The van der Waals surface area contributed by atoms with E-state index in [0.29, 0.717) is 0 Å². The summed E-state index contributed by atoms with van der Waals surface area (Å²) >= 11 is 2.60. The van der Waals surface area contributed by atoms with E-state index < -0.39 is 0 Å². The molecule has 86 valence electrons. The van der Waals surface area contributed by atoms with Crippen molar-refractivity contribution in [2.75, 3.05) is 5.73 Å². The number of aromatic nitrogens is 3. The van der Waals surface area contributed by atoms with Gasteiger partial charge in [0.15, 0.2) is 4.34 Å². The Labute approximate surface area is 106 Å². The predicted molar refractivity (Wildman–Crippen MR) is 70.8 cm³/mol. The average Bonchev–Trinajstić information content (AvgIpc) is 2.87. The minimum atomic E-state index is 0.745. The van der Waals surface area contributed by atoms with Crippen LogP contribution in [0.1, 0.15) is 0 Å². The van der Waals surface area contributed by atoms with Gasteiger partial charge in [-0.05, 0) is 24.1 Å². The lowest BCUT2D eigenvalue weighted by molar-refractivity contribution is 0.916. The molecule has 0 spiro atoms. The van der Waals surface area contributed by atoms with Crippen molar-refractivity contribution in [2.45, 2.75) is 4.34 Å². The zero-order chi connectivity index (χ0) is 11.8. The molecule has 0 fully saturated rings. The summed E-state index contributed by atoms with van der Waals surface area (Å²) in [5.41, 5.74) is 8.30. The summed E-state index contributed by atoms with van der Waals surface area (Å²) in [6.07, 6.45) is 1.89. The molecule has 4 N–H and O–H groups in total. The molecule has 0 unspecified atom stereocenters. The normalized spacial score (nSPS) is 11.1. The first-order chi connectivity index (χ1) is 8.26. The van der Waals surface area contributed by atoms with Gasteiger partial charge in [0, 0.05) is 11.3 Å². The van der Waals surface area contributed by atoms with Crippen molar-refractivity contribution >= 4 is 33.9 Å². The molecule has 3 rings (SSSR count). The molecule has 1 aromatic carbocycles. The van der Waals surface area contributed by atoms with Gasteiger partial charge in [0.25, 0.3) is 0 Å². The molecule has 0 atom stereocenters. The number of nitrogen functional groups attached to an aromatic ring is 1. The number of benzene rings is 1. The highest BCUT2D eigenvalue weighted by atomic mass is 32.2. The van der Waals surface area contributed by atoms with Crippen molar-refractivity contribution in [1.82, 2.24) is 14.6 Å². The number of nitrogens with two attached hydrogens (primary N) is 2. The standard InChI is InChI=1S/C10H9N5S2/c11-7-3-1-6(2-4-7)8-5-15-9(13-8)16-10(14-15)17-12/h1-5H,11-12H2. The van der Waals surface area contributed by atoms with Gasteiger partial charge < -0.3 is 5.73 Å². The van der Waals surface area contributed by atoms with Crippen LogP contribution in [0.25, 0.3) is 16.2 Å². The third-order valence-corrected chi connectivity index (χ3v) is 3.87. The van der Waals surface area contributed by atoms with E-state index in [1.807, 2.05) is 30.5 Å². The highest BCUT2D eigenvalue weighted by Crippen LogP contribution is 2.25. The Morgan fingerprint density at radius 2 is 2.00 bits per heavy atom. The van der Waals surface area contributed by atoms with Gasteiger partial charge >= 0.3 is 0 Å². The fraction of sp³-hybridized carbons (Fsp3) is 0. The average molecular weight is 263 g/mol. The molecular weight excluding hydrogens is 254 g/mol. The van der Waals surface area contributed by atoms with Gasteiger partial charge in [0.2, 0.25) is 4.96 Å². The molecule has 0 amide bonds. The Hall–Kier alpha value is -1.57. The van der Waals surface area contributed by atoms with Crippen LogP contribution in [0, 0.1) is 0 Å². The summed E-state index contributed by atoms with van der Waals surface area (Å²) in [5, 5.41) is 9.73. The van der Waals surface area contributed by atoms with E-state index in [4.69, 9.17) is 10.9 Å². The van der Waals surface area contributed by atoms with Gasteiger partial charge in [-0.15, -0.1) is 5.10 Å². The third-order valence-electron chi connectivity index (χ3n) is 2.33. The van der Waals surface area contributed by atoms with Crippen molar-refractivity contribution in [2.24, 2.45) is 5.14 Å². The highest BCUT2D eigenvalue weighted by molar-refractivity contribution is 7.98. The van der Waals surface area contributed by atoms with Gasteiger partial charge in [-0.3, -0.25) is 5.14 Å². The molecule has 2 heterocycles. The number of anilines is 1. The molecule has 0 bridgehead atoms. The number of imidazole rings is 1. The van der Waals surface area contributed by atoms with Crippen LogP contribution in [0.4, 0.5) is 5.69 Å². The van der Waals surface area contributed by atoms with E-state index in [1.54, 1.807) is 4.52 Å². The minimum absolute atomic E-state index is 0.745. The largest absolute Gasteiger partial charge is 0.399 e. The molecule has 0 aliphatic heterocycles. The summed E-state index contributed by atoms with van der Waals surface area (Å²) < 4.78 is 2.54. The zero-order valence-corrected chi connectivity index (χ0v) is 10.3. The maximum atomic E-state index is 5.65. The monoisotopic (exact) mass is 263 g/mol. The smallest absolute Gasteiger partial charge is 0.213 e. The molecule has 0 aliphatic carbocycles. The Morgan fingerprint density at radius 3 is 2.65 bits per heavy atom. The summed E-state index contributed by atoms with van der Waals surface area (Å²) in [6.45, 7) is 0. The van der Waals surface area contributed by atoms with Crippen LogP contribution in [0.2, 0.25) is 0 Å². The van der Waals surface area contributed by atoms with Gasteiger partial charge in [-0.1, -0.05) is 23.5 Å². The minimum Gasteiger partial charge on any atom is -0.399 e. The third kappa shape index (κ3) is 1.88. The van der Waals surface area contributed by atoms with Crippen molar-refractivity contribution < 1.29 is 0 Å². The fourth-order valence-electron chi connectivity index (χ4n) is 1.52. The maximum absolute atomic E-state index is 5.65. The lowest BCUT2D eigenvalue weighted by Gasteiger charge is -1.96. The van der Waals surface area contributed by atoms with Crippen LogP contribution in [-0.2, 0) is 0 Å². The second-order valence-electron chi connectivity index (χ2n) is 3.46. The van der Waals surface area contributed by atoms with Crippen LogP contribution in [0.5, 0.6) is 0 Å². The molecule has 0 saturated heterocycles. The second-order valence-corrected chi connectivity index (χ2v) is 5.30. The Balaban J connectivity index is 2.06. The van der Waals surface area contributed by atoms with Crippen LogP contribution in [0.3, 0.4) is 0 Å². The number of hydrogen-bond acceptors (Lipinski definition) is 6. The predicted octanol–water partition coefficient (Wildman–Crippen LogP) is 2.01. The number of fused-ring (bicyclic) bond motifs is 1. The molecule has 5 nitrogen and oxygen atoms in total. The van der Waals surface area contributed by atoms with Gasteiger partial charge in [0.05, 0.1) is 11.9 Å². The second kappa shape index (κ2) is 4.02. The van der Waals surface area contributed by atoms with E-state index in [0.717, 1.165) is 38.2 Å². The van der Waals surface area contributed by atoms with E-state index in [1.165, 1.54) is 11.3 Å². The molecule has 0 saturated carbocycles. The number of rotatable bonds is 2. The van der Waals surface area contributed by atoms with E-state index in [-0.39, 0.29) is 0 Å². The van der Waals surface area contributed by atoms with Crippen LogP contribution >= 0.6 is 23.3 Å². The first kappa shape index (κ1) is 10.6. The lowest BCUT2D eigenvalue weighted by Crippen LogP contribution is -1.84. The number of hydrogen-bond donors (Lipinski definition) is 2. The van der Waals surface area contributed by atoms with Crippen molar-refractivity contribution in [1.29, 1.82) is 0 Å². The topological polar surface area (TPSA) is 82.2 Å². The molecule has 0 radical (unpaired) electrons.